The molecule has 3 aromatic carbocycles. The molecule has 2 amide bonds. The number of rotatable bonds is 5. The van der Waals surface area contributed by atoms with Crippen molar-refractivity contribution in [3.8, 4) is 11.1 Å². The molecule has 33 heavy (non-hydrogen) atoms. The van der Waals surface area contributed by atoms with Gasteiger partial charge < -0.3 is 10.1 Å². The Morgan fingerprint density at radius 1 is 1.03 bits per heavy atom. The predicted molar refractivity (Wildman–Crippen MR) is 130 cm³/mol. The second-order valence-corrected chi connectivity index (χ2v) is 8.88. The van der Waals surface area contributed by atoms with Crippen molar-refractivity contribution in [2.75, 3.05) is 11.9 Å². The van der Waals surface area contributed by atoms with E-state index in [1.807, 2.05) is 72.2 Å². The predicted octanol–water partition coefficient (Wildman–Crippen LogP) is 5.70. The van der Waals surface area contributed by atoms with Gasteiger partial charge in [0, 0.05) is 12.2 Å². The number of hydrogen-bond donors (Lipinski definition) is 1. The molecule has 1 N–H and O–H groups in total. The van der Waals surface area contributed by atoms with Gasteiger partial charge in [-0.15, -0.1) is 11.3 Å². The summed E-state index contributed by atoms with van der Waals surface area (Å²) in [4.78, 5) is 31.5. The maximum Gasteiger partial charge on any atom is 0.410 e. The fraction of sp³-hybridized carbons (Fsp3) is 0.192. The number of thiazole rings is 1. The highest BCUT2D eigenvalue weighted by atomic mass is 32.1. The third kappa shape index (κ3) is 4.73. The molecular formula is C26H23N3O3S. The Hall–Kier alpha value is -3.71. The Bertz CT molecular complexity index is 1290. The van der Waals surface area contributed by atoms with Crippen LogP contribution in [0.3, 0.4) is 0 Å². The zero-order valence-corrected chi connectivity index (χ0v) is 18.8. The van der Waals surface area contributed by atoms with Crippen molar-refractivity contribution in [2.45, 2.75) is 25.5 Å². The minimum absolute atomic E-state index is 0.191. The van der Waals surface area contributed by atoms with Gasteiger partial charge in [-0.2, -0.15) is 0 Å². The van der Waals surface area contributed by atoms with Gasteiger partial charge in [0.15, 0.2) is 0 Å². The molecule has 0 unspecified atom stereocenters. The van der Waals surface area contributed by atoms with Crippen LogP contribution in [0.1, 0.15) is 18.4 Å². The molecule has 1 saturated heterocycles. The van der Waals surface area contributed by atoms with Crippen LogP contribution in [-0.4, -0.2) is 34.5 Å². The molecule has 1 atom stereocenters. The van der Waals surface area contributed by atoms with Crippen molar-refractivity contribution < 1.29 is 14.3 Å². The summed E-state index contributed by atoms with van der Waals surface area (Å²) in [5, 5.41) is 2.99. The second kappa shape index (κ2) is 9.42. The quantitative estimate of drug-likeness (QED) is 0.417. The van der Waals surface area contributed by atoms with Crippen LogP contribution in [0.4, 0.5) is 10.5 Å². The Morgan fingerprint density at radius 3 is 2.76 bits per heavy atom. The molecule has 1 aliphatic heterocycles. The number of aromatic nitrogens is 1. The number of benzene rings is 3. The second-order valence-electron chi connectivity index (χ2n) is 8.00. The zero-order chi connectivity index (χ0) is 22.6. The van der Waals surface area contributed by atoms with Gasteiger partial charge in [-0.25, -0.2) is 9.78 Å². The smallest absolute Gasteiger partial charge is 0.410 e. The monoisotopic (exact) mass is 457 g/mol. The van der Waals surface area contributed by atoms with Crippen LogP contribution in [0.25, 0.3) is 21.3 Å². The van der Waals surface area contributed by atoms with Crippen LogP contribution >= 0.6 is 11.3 Å². The average Bonchev–Trinajstić information content (AvgIpc) is 3.53. The summed E-state index contributed by atoms with van der Waals surface area (Å²) in [6, 6.07) is 22.9. The van der Waals surface area contributed by atoms with Gasteiger partial charge in [-0.05, 0) is 53.8 Å². The minimum Gasteiger partial charge on any atom is -0.445 e. The third-order valence-electron chi connectivity index (χ3n) is 5.79. The Kier molecular flexibility index (Phi) is 6.04. The third-order valence-corrected chi connectivity index (χ3v) is 6.58. The van der Waals surface area contributed by atoms with Gasteiger partial charge in [0.25, 0.3) is 0 Å². The van der Waals surface area contributed by atoms with Crippen LogP contribution in [0.5, 0.6) is 0 Å². The molecule has 0 spiro atoms. The highest BCUT2D eigenvalue weighted by Crippen LogP contribution is 2.28. The molecule has 0 bridgehead atoms. The molecule has 0 radical (unpaired) electrons. The van der Waals surface area contributed by atoms with Gasteiger partial charge in [-0.3, -0.25) is 9.69 Å². The molecule has 4 aromatic rings. The van der Waals surface area contributed by atoms with Crippen molar-refractivity contribution in [3.05, 3.63) is 83.9 Å². The van der Waals surface area contributed by atoms with Crippen molar-refractivity contribution in [3.63, 3.8) is 0 Å². The zero-order valence-electron chi connectivity index (χ0n) is 17.9. The fourth-order valence-electron chi connectivity index (χ4n) is 4.10. The maximum absolute atomic E-state index is 13.0. The summed E-state index contributed by atoms with van der Waals surface area (Å²) in [7, 11) is 0. The first kappa shape index (κ1) is 21.2. The first-order valence-electron chi connectivity index (χ1n) is 10.9. The van der Waals surface area contributed by atoms with Crippen LogP contribution in [-0.2, 0) is 16.1 Å². The highest BCUT2D eigenvalue weighted by Gasteiger charge is 2.35. The standard InChI is InChI=1S/C26H23N3O3S/c30-25(23-10-5-13-29(23)26(31)32-16-18-6-2-1-3-7-18)28-21-9-4-8-19(14-21)20-11-12-22-24(15-20)33-17-27-22/h1-4,6-9,11-12,14-15,17,23H,5,10,13,16H2,(H,28,30)/t23-/m0/s1. The number of amides is 2. The van der Waals surface area contributed by atoms with E-state index >= 15 is 0 Å². The molecule has 1 fully saturated rings. The van der Waals surface area contributed by atoms with E-state index in [1.165, 1.54) is 4.90 Å². The maximum atomic E-state index is 13.0. The van der Waals surface area contributed by atoms with Crippen molar-refractivity contribution in [2.24, 2.45) is 0 Å². The van der Waals surface area contributed by atoms with Crippen LogP contribution in [0.2, 0.25) is 0 Å². The first-order chi connectivity index (χ1) is 16.2. The molecule has 1 aliphatic rings. The average molecular weight is 458 g/mol. The molecular weight excluding hydrogens is 434 g/mol. The topological polar surface area (TPSA) is 71.5 Å². The summed E-state index contributed by atoms with van der Waals surface area (Å²) >= 11 is 1.60. The number of ether oxygens (including phenoxy) is 1. The summed E-state index contributed by atoms with van der Waals surface area (Å²) in [6.07, 6.45) is 0.935. The van der Waals surface area contributed by atoms with Gasteiger partial charge in [0.05, 0.1) is 15.7 Å². The molecule has 2 heterocycles. The number of hydrogen-bond acceptors (Lipinski definition) is 5. The number of nitrogens with one attached hydrogen (secondary N) is 1. The largest absolute Gasteiger partial charge is 0.445 e. The van der Waals surface area contributed by atoms with Crippen LogP contribution in [0.15, 0.2) is 78.3 Å². The van der Waals surface area contributed by atoms with Crippen molar-refractivity contribution in [1.82, 2.24) is 9.88 Å². The van der Waals surface area contributed by atoms with Crippen molar-refractivity contribution in [1.29, 1.82) is 0 Å². The molecule has 7 heteroatoms. The van der Waals surface area contributed by atoms with E-state index in [0.717, 1.165) is 33.3 Å². The first-order valence-corrected chi connectivity index (χ1v) is 11.8. The number of carbonyl (C=O) groups is 2. The molecule has 0 saturated carbocycles. The summed E-state index contributed by atoms with van der Waals surface area (Å²) in [5.74, 6) is -0.195. The molecule has 1 aromatic heterocycles. The van der Waals surface area contributed by atoms with Crippen LogP contribution < -0.4 is 5.32 Å². The summed E-state index contributed by atoms with van der Waals surface area (Å²) in [6.45, 7) is 0.706. The molecule has 166 valence electrons. The molecule has 6 nitrogen and oxygen atoms in total. The minimum atomic E-state index is -0.537. The summed E-state index contributed by atoms with van der Waals surface area (Å²) < 4.78 is 6.57. The molecule has 5 rings (SSSR count). The van der Waals surface area contributed by atoms with E-state index in [-0.39, 0.29) is 12.5 Å². The lowest BCUT2D eigenvalue weighted by Crippen LogP contribution is -2.43. The van der Waals surface area contributed by atoms with E-state index in [4.69, 9.17) is 4.74 Å². The highest BCUT2D eigenvalue weighted by molar-refractivity contribution is 7.16. The van der Waals surface area contributed by atoms with Gasteiger partial charge in [0.1, 0.15) is 12.6 Å². The fourth-order valence-corrected chi connectivity index (χ4v) is 4.81. The van der Waals surface area contributed by atoms with Gasteiger partial charge in [-0.1, -0.05) is 48.5 Å². The van der Waals surface area contributed by atoms with E-state index in [9.17, 15) is 9.59 Å². The van der Waals surface area contributed by atoms with Gasteiger partial charge >= 0.3 is 6.09 Å². The Labute approximate surface area is 195 Å². The lowest BCUT2D eigenvalue weighted by atomic mass is 10.0. The van der Waals surface area contributed by atoms with Gasteiger partial charge in [0.2, 0.25) is 5.91 Å². The van der Waals surface area contributed by atoms with E-state index < -0.39 is 12.1 Å². The number of fused-ring (bicyclic) bond motifs is 1. The van der Waals surface area contributed by atoms with Crippen molar-refractivity contribution >= 4 is 39.2 Å². The summed E-state index contributed by atoms with van der Waals surface area (Å²) in [5.41, 5.74) is 6.51. The number of likely N-dealkylation sites (tertiary alicyclic amines) is 1. The lowest BCUT2D eigenvalue weighted by Gasteiger charge is -2.23. The normalized spacial score (nSPS) is 15.5. The Morgan fingerprint density at radius 2 is 1.88 bits per heavy atom. The van der Waals surface area contributed by atoms with E-state index in [0.29, 0.717) is 18.7 Å². The van der Waals surface area contributed by atoms with E-state index in [1.54, 1.807) is 11.3 Å². The SMILES string of the molecule is O=C(Nc1cccc(-c2ccc3ncsc3c2)c1)[C@@H]1CCCN1C(=O)OCc1ccccc1. The molecule has 0 aliphatic carbocycles. The lowest BCUT2D eigenvalue weighted by molar-refractivity contribution is -0.120. The number of anilines is 1. The van der Waals surface area contributed by atoms with Crippen LogP contribution in [0, 0.1) is 0 Å². The van der Waals surface area contributed by atoms with E-state index in [2.05, 4.69) is 16.4 Å². The Balaban J connectivity index is 1.25. The number of carbonyl (C=O) groups excluding carboxylic acids is 2. The number of nitrogens with zero attached hydrogens (tertiary/aromatic N) is 2.